The molecule has 4 heteroatoms. The van der Waals surface area contributed by atoms with E-state index in [2.05, 4.69) is 28.0 Å². The predicted octanol–water partition coefficient (Wildman–Crippen LogP) is 3.64. The van der Waals surface area contributed by atoms with E-state index in [-0.39, 0.29) is 0 Å². The van der Waals surface area contributed by atoms with Crippen LogP contribution in [-0.4, -0.2) is 48.3 Å². The highest BCUT2D eigenvalue weighted by Gasteiger charge is 2.42. The van der Waals surface area contributed by atoms with Crippen LogP contribution in [0.4, 0.5) is 0 Å². The molecular weight excluding hydrogens is 312 g/mol. The van der Waals surface area contributed by atoms with E-state index < -0.39 is 0 Å². The minimum absolute atomic E-state index is 0.365. The Balaban J connectivity index is 1.37. The summed E-state index contributed by atoms with van der Waals surface area (Å²) in [4.78, 5) is 5.59. The Morgan fingerprint density at radius 2 is 1.76 bits per heavy atom. The fourth-order valence-corrected chi connectivity index (χ4v) is 5.71. The lowest BCUT2D eigenvalue weighted by Gasteiger charge is -2.49. The summed E-state index contributed by atoms with van der Waals surface area (Å²) in [7, 11) is 0. The van der Waals surface area contributed by atoms with Crippen molar-refractivity contribution < 1.29 is 9.47 Å². The van der Waals surface area contributed by atoms with Gasteiger partial charge in [-0.2, -0.15) is 0 Å². The van der Waals surface area contributed by atoms with Crippen molar-refractivity contribution in [2.45, 2.75) is 63.6 Å². The van der Waals surface area contributed by atoms with Crippen molar-refractivity contribution in [3.05, 3.63) is 23.8 Å². The summed E-state index contributed by atoms with van der Waals surface area (Å²) in [6, 6.07) is 8.06. The van der Waals surface area contributed by atoms with Gasteiger partial charge in [0.1, 0.15) is 0 Å². The van der Waals surface area contributed by atoms with Crippen molar-refractivity contribution >= 4 is 0 Å². The number of ether oxygens (including phenoxy) is 2. The van der Waals surface area contributed by atoms with Crippen molar-refractivity contribution in [2.24, 2.45) is 5.92 Å². The number of rotatable bonds is 3. The molecule has 3 heterocycles. The maximum atomic E-state index is 5.59. The number of benzene rings is 1. The van der Waals surface area contributed by atoms with Crippen LogP contribution >= 0.6 is 0 Å². The van der Waals surface area contributed by atoms with E-state index >= 15 is 0 Å². The van der Waals surface area contributed by atoms with Crippen molar-refractivity contribution in [1.82, 2.24) is 9.80 Å². The highest BCUT2D eigenvalue weighted by atomic mass is 16.7. The smallest absolute Gasteiger partial charge is 0.231 e. The van der Waals surface area contributed by atoms with Gasteiger partial charge in [0, 0.05) is 31.7 Å². The van der Waals surface area contributed by atoms with Gasteiger partial charge in [-0.25, -0.2) is 0 Å². The number of fused-ring (bicyclic) bond motifs is 2. The van der Waals surface area contributed by atoms with Crippen LogP contribution in [0.25, 0.3) is 0 Å². The van der Waals surface area contributed by atoms with Crippen molar-refractivity contribution in [1.29, 1.82) is 0 Å². The molecule has 2 atom stereocenters. The molecule has 1 aromatic rings. The maximum absolute atomic E-state index is 5.59. The molecule has 0 unspecified atom stereocenters. The molecule has 136 valence electrons. The molecule has 5 rings (SSSR count). The van der Waals surface area contributed by atoms with Gasteiger partial charge in [-0.3, -0.25) is 9.80 Å². The van der Waals surface area contributed by atoms with Crippen molar-refractivity contribution in [2.75, 3.05) is 26.4 Å². The number of hydrogen-bond acceptors (Lipinski definition) is 4. The first kappa shape index (κ1) is 16.0. The van der Waals surface area contributed by atoms with E-state index in [0.29, 0.717) is 6.79 Å². The number of nitrogens with zero attached hydrogens (tertiary/aromatic N) is 2. The molecule has 4 aliphatic rings. The maximum Gasteiger partial charge on any atom is 0.231 e. The molecule has 1 aliphatic carbocycles. The van der Waals surface area contributed by atoms with Gasteiger partial charge in [0.15, 0.2) is 11.5 Å². The van der Waals surface area contributed by atoms with Gasteiger partial charge in [0.2, 0.25) is 6.79 Å². The molecular formula is C21H30N2O2. The zero-order valence-electron chi connectivity index (χ0n) is 15.2. The Kier molecular flexibility index (Phi) is 4.34. The third kappa shape index (κ3) is 3.04. The Morgan fingerprint density at radius 1 is 0.880 bits per heavy atom. The molecule has 4 nitrogen and oxygen atoms in total. The highest BCUT2D eigenvalue weighted by Crippen LogP contribution is 2.39. The second-order valence-corrected chi connectivity index (χ2v) is 8.29. The molecule has 0 aromatic heterocycles. The summed E-state index contributed by atoms with van der Waals surface area (Å²) >= 11 is 0. The summed E-state index contributed by atoms with van der Waals surface area (Å²) in [5, 5.41) is 0. The first-order valence-electron chi connectivity index (χ1n) is 10.2. The summed E-state index contributed by atoms with van der Waals surface area (Å²) in [6.45, 7) is 5.21. The van der Waals surface area contributed by atoms with Gasteiger partial charge in [0.05, 0.1) is 0 Å². The first-order chi connectivity index (χ1) is 12.4. The van der Waals surface area contributed by atoms with Gasteiger partial charge in [-0.15, -0.1) is 0 Å². The molecule has 2 saturated heterocycles. The average molecular weight is 342 g/mol. The van der Waals surface area contributed by atoms with Crippen LogP contribution in [0.5, 0.6) is 11.5 Å². The van der Waals surface area contributed by atoms with Crippen LogP contribution in [0.15, 0.2) is 18.2 Å². The molecule has 1 saturated carbocycles. The Bertz CT molecular complexity index is 614. The molecule has 25 heavy (non-hydrogen) atoms. The van der Waals surface area contributed by atoms with Gasteiger partial charge >= 0.3 is 0 Å². The van der Waals surface area contributed by atoms with E-state index in [4.69, 9.17) is 9.47 Å². The zero-order valence-corrected chi connectivity index (χ0v) is 15.2. The fraction of sp³-hybridized carbons (Fsp3) is 0.714. The molecule has 0 bridgehead atoms. The Morgan fingerprint density at radius 3 is 2.68 bits per heavy atom. The zero-order chi connectivity index (χ0) is 16.6. The lowest BCUT2D eigenvalue weighted by atomic mass is 9.78. The number of hydrogen-bond donors (Lipinski definition) is 0. The van der Waals surface area contributed by atoms with Gasteiger partial charge in [0.25, 0.3) is 0 Å². The summed E-state index contributed by atoms with van der Waals surface area (Å²) in [6.07, 6.45) is 9.99. The summed E-state index contributed by atoms with van der Waals surface area (Å²) in [5.41, 5.74) is 1.37. The van der Waals surface area contributed by atoms with Crippen LogP contribution in [0.1, 0.15) is 50.5 Å². The van der Waals surface area contributed by atoms with Gasteiger partial charge < -0.3 is 9.47 Å². The second kappa shape index (κ2) is 6.81. The van der Waals surface area contributed by atoms with E-state index in [1.54, 1.807) is 0 Å². The molecule has 3 aliphatic heterocycles. The average Bonchev–Trinajstić information content (AvgIpc) is 3.30. The fourth-order valence-electron chi connectivity index (χ4n) is 5.71. The lowest BCUT2D eigenvalue weighted by Crippen LogP contribution is -2.59. The first-order valence-corrected chi connectivity index (χ1v) is 10.2. The van der Waals surface area contributed by atoms with E-state index in [9.17, 15) is 0 Å². The van der Waals surface area contributed by atoms with Gasteiger partial charge in [-0.05, 0) is 55.8 Å². The molecule has 1 aromatic carbocycles. The second-order valence-electron chi connectivity index (χ2n) is 8.29. The van der Waals surface area contributed by atoms with Gasteiger partial charge in [-0.1, -0.05) is 25.3 Å². The SMILES string of the molecule is c1cc2c(cc1CN1CCN3CCC[C@@H]3[C@H]1C1CCCCC1)OCO2. The van der Waals surface area contributed by atoms with Crippen LogP contribution in [0.3, 0.4) is 0 Å². The number of piperazine rings is 1. The predicted molar refractivity (Wildman–Crippen MR) is 97.9 cm³/mol. The Hall–Kier alpha value is -1.26. The molecule has 0 spiro atoms. The molecule has 0 radical (unpaired) electrons. The summed E-state index contributed by atoms with van der Waals surface area (Å²) in [5.74, 6) is 2.72. The summed E-state index contributed by atoms with van der Waals surface area (Å²) < 4.78 is 11.1. The van der Waals surface area contributed by atoms with Crippen LogP contribution in [0, 0.1) is 5.92 Å². The molecule has 3 fully saturated rings. The third-order valence-corrected chi connectivity index (χ3v) is 6.86. The van der Waals surface area contributed by atoms with Crippen LogP contribution in [0.2, 0.25) is 0 Å². The van der Waals surface area contributed by atoms with E-state index in [1.807, 2.05) is 0 Å². The van der Waals surface area contributed by atoms with Crippen molar-refractivity contribution in [3.8, 4) is 11.5 Å². The topological polar surface area (TPSA) is 24.9 Å². The van der Waals surface area contributed by atoms with E-state index in [1.165, 1.54) is 70.1 Å². The minimum atomic E-state index is 0.365. The van der Waals surface area contributed by atoms with Crippen molar-refractivity contribution in [3.63, 3.8) is 0 Å². The standard InChI is InChI=1S/C21H30N2O2/c1-2-5-17(6-3-1)21-18-7-4-10-22(18)11-12-23(21)14-16-8-9-19-20(13-16)25-15-24-19/h8-9,13,17-18,21H,1-7,10-12,14-15H2/t18-,21-/m1/s1. The van der Waals surface area contributed by atoms with E-state index in [0.717, 1.165) is 36.0 Å². The largest absolute Gasteiger partial charge is 0.454 e. The Labute approximate surface area is 151 Å². The lowest BCUT2D eigenvalue weighted by molar-refractivity contribution is -0.00381. The van der Waals surface area contributed by atoms with Crippen LogP contribution < -0.4 is 9.47 Å². The molecule has 0 amide bonds. The minimum Gasteiger partial charge on any atom is -0.454 e. The highest BCUT2D eigenvalue weighted by molar-refractivity contribution is 5.44. The van der Waals surface area contributed by atoms with Crippen LogP contribution in [-0.2, 0) is 6.54 Å². The monoisotopic (exact) mass is 342 g/mol. The molecule has 0 N–H and O–H groups in total. The normalized spacial score (nSPS) is 30.6. The third-order valence-electron chi connectivity index (χ3n) is 6.86. The quantitative estimate of drug-likeness (QED) is 0.837.